The summed E-state index contributed by atoms with van der Waals surface area (Å²) in [4.78, 5) is 17.1. The van der Waals surface area contributed by atoms with E-state index in [1.165, 1.54) is 11.4 Å². The van der Waals surface area contributed by atoms with Crippen molar-refractivity contribution >= 4 is 22.4 Å². The van der Waals surface area contributed by atoms with Crippen LogP contribution in [-0.2, 0) is 11.3 Å². The van der Waals surface area contributed by atoms with Gasteiger partial charge in [0.15, 0.2) is 4.96 Å². The van der Waals surface area contributed by atoms with E-state index in [1.54, 1.807) is 11.3 Å². The minimum absolute atomic E-state index is 0.383. The summed E-state index contributed by atoms with van der Waals surface area (Å²) in [5.74, 6) is 0. The number of aromatic nitrogens is 2. The molecule has 122 valence electrons. The number of fused-ring (bicyclic) bond motifs is 1. The molecule has 0 spiro atoms. The van der Waals surface area contributed by atoms with Gasteiger partial charge in [0, 0.05) is 30.7 Å². The van der Waals surface area contributed by atoms with Crippen LogP contribution in [0.5, 0.6) is 0 Å². The third kappa shape index (κ3) is 4.20. The second-order valence-corrected chi connectivity index (χ2v) is 7.08. The van der Waals surface area contributed by atoms with Gasteiger partial charge < -0.3 is 15.4 Å². The molecule has 2 heterocycles. The number of aryl methyl sites for hydroxylation is 2. The van der Waals surface area contributed by atoms with Crippen LogP contribution in [0.1, 0.15) is 37.9 Å². The molecule has 7 heteroatoms. The fraction of sp³-hybridized carbons (Fsp3) is 0.600. The number of nitrogens with one attached hydrogen (secondary N) is 2. The van der Waals surface area contributed by atoms with E-state index in [0.29, 0.717) is 13.1 Å². The van der Waals surface area contributed by atoms with Crippen LogP contribution in [0.25, 0.3) is 4.96 Å². The molecule has 0 unspecified atom stereocenters. The van der Waals surface area contributed by atoms with E-state index in [0.717, 1.165) is 17.2 Å². The molecule has 0 saturated carbocycles. The molecule has 2 N–H and O–H groups in total. The Balaban J connectivity index is 1.78. The number of nitrogens with zero attached hydrogens (tertiary/aromatic N) is 2. The fourth-order valence-electron chi connectivity index (χ4n) is 2.15. The third-order valence-electron chi connectivity index (χ3n) is 3.09. The van der Waals surface area contributed by atoms with E-state index in [-0.39, 0.29) is 6.09 Å². The van der Waals surface area contributed by atoms with Crippen LogP contribution in [0.4, 0.5) is 4.79 Å². The molecule has 2 rings (SSSR count). The molecule has 0 aliphatic carbocycles. The van der Waals surface area contributed by atoms with E-state index >= 15 is 0 Å². The van der Waals surface area contributed by atoms with E-state index in [1.807, 2.05) is 27.7 Å². The zero-order valence-electron chi connectivity index (χ0n) is 13.8. The molecule has 2 aromatic rings. The second-order valence-electron chi connectivity index (χ2n) is 6.24. The minimum Gasteiger partial charge on any atom is -0.444 e. The Morgan fingerprint density at radius 1 is 1.36 bits per heavy atom. The van der Waals surface area contributed by atoms with Gasteiger partial charge in [0.1, 0.15) is 5.60 Å². The predicted molar refractivity (Wildman–Crippen MR) is 88.5 cm³/mol. The Labute approximate surface area is 134 Å². The normalized spacial score (nSPS) is 11.9. The maximum Gasteiger partial charge on any atom is 0.407 e. The summed E-state index contributed by atoms with van der Waals surface area (Å²) in [5.41, 5.74) is 2.95. The molecule has 2 aromatic heterocycles. The topological polar surface area (TPSA) is 67.7 Å². The Morgan fingerprint density at radius 3 is 2.77 bits per heavy atom. The maximum absolute atomic E-state index is 11.5. The highest BCUT2D eigenvalue weighted by atomic mass is 32.1. The van der Waals surface area contributed by atoms with E-state index < -0.39 is 5.60 Å². The summed E-state index contributed by atoms with van der Waals surface area (Å²) < 4.78 is 7.36. The van der Waals surface area contributed by atoms with Gasteiger partial charge in [0.05, 0.1) is 11.4 Å². The Hall–Kier alpha value is -1.60. The van der Waals surface area contributed by atoms with Gasteiger partial charge in [-0.1, -0.05) is 0 Å². The molecule has 0 aliphatic rings. The first-order valence-electron chi connectivity index (χ1n) is 7.37. The van der Waals surface area contributed by atoms with Crippen molar-refractivity contribution in [1.29, 1.82) is 0 Å². The van der Waals surface area contributed by atoms with Gasteiger partial charge in [-0.25, -0.2) is 9.78 Å². The van der Waals surface area contributed by atoms with Crippen molar-refractivity contribution in [2.45, 2.75) is 46.8 Å². The van der Waals surface area contributed by atoms with Crippen LogP contribution < -0.4 is 10.6 Å². The van der Waals surface area contributed by atoms with E-state index in [9.17, 15) is 4.79 Å². The Bertz CT molecular complexity index is 654. The largest absolute Gasteiger partial charge is 0.444 e. The first-order chi connectivity index (χ1) is 10.3. The average molecular weight is 324 g/mol. The summed E-state index contributed by atoms with van der Waals surface area (Å²) in [6.45, 7) is 11.6. The van der Waals surface area contributed by atoms with E-state index in [4.69, 9.17) is 4.74 Å². The number of carbonyl (C=O) groups excluding carboxylic acids is 1. The molecule has 0 saturated heterocycles. The van der Waals surface area contributed by atoms with Gasteiger partial charge in [-0.05, 0) is 34.6 Å². The van der Waals surface area contributed by atoms with Gasteiger partial charge in [0.25, 0.3) is 0 Å². The van der Waals surface area contributed by atoms with Gasteiger partial charge in [-0.15, -0.1) is 11.3 Å². The first-order valence-corrected chi connectivity index (χ1v) is 8.25. The standard InChI is InChI=1S/C15H24N4O2S/c1-10-9-22-13-18-11(2)12(19(10)13)8-16-6-7-17-14(20)21-15(3,4)5/h9,16H,6-8H2,1-5H3,(H,17,20). The summed E-state index contributed by atoms with van der Waals surface area (Å²) in [6, 6.07) is 0. The van der Waals surface area contributed by atoms with Gasteiger partial charge in [0.2, 0.25) is 0 Å². The van der Waals surface area contributed by atoms with Crippen LogP contribution in [0.3, 0.4) is 0 Å². The number of hydrogen-bond acceptors (Lipinski definition) is 5. The van der Waals surface area contributed by atoms with Crippen LogP contribution in [0, 0.1) is 13.8 Å². The highest BCUT2D eigenvalue weighted by Crippen LogP contribution is 2.20. The highest BCUT2D eigenvalue weighted by molar-refractivity contribution is 7.15. The number of hydrogen-bond donors (Lipinski definition) is 2. The molecule has 0 radical (unpaired) electrons. The van der Waals surface area contributed by atoms with Crippen LogP contribution in [0.15, 0.2) is 5.38 Å². The molecule has 1 amide bonds. The molecule has 0 fully saturated rings. The third-order valence-corrected chi connectivity index (χ3v) is 4.04. The van der Waals surface area contributed by atoms with Crippen molar-refractivity contribution in [1.82, 2.24) is 20.0 Å². The second kappa shape index (κ2) is 6.66. The lowest BCUT2D eigenvalue weighted by Crippen LogP contribution is -2.36. The Kier molecular flexibility index (Phi) is 5.08. The number of imidazole rings is 1. The van der Waals surface area contributed by atoms with Gasteiger partial charge in [-0.3, -0.25) is 4.40 Å². The van der Waals surface area contributed by atoms with Crippen LogP contribution in [0.2, 0.25) is 0 Å². The first kappa shape index (κ1) is 16.8. The zero-order chi connectivity index (χ0) is 16.3. The summed E-state index contributed by atoms with van der Waals surface area (Å²) in [5, 5.41) is 8.17. The molecule has 0 aliphatic heterocycles. The van der Waals surface area contributed by atoms with Crippen molar-refractivity contribution in [2.75, 3.05) is 13.1 Å². The lowest BCUT2D eigenvalue weighted by Gasteiger charge is -2.19. The number of rotatable bonds is 5. The van der Waals surface area contributed by atoms with Gasteiger partial charge >= 0.3 is 6.09 Å². The molecular formula is C15H24N4O2S. The summed E-state index contributed by atoms with van der Waals surface area (Å²) in [6.07, 6.45) is -0.383. The molecule has 0 bridgehead atoms. The lowest BCUT2D eigenvalue weighted by molar-refractivity contribution is 0.0528. The number of thiazole rings is 1. The van der Waals surface area contributed by atoms with Crippen molar-refractivity contribution in [3.05, 3.63) is 22.5 Å². The predicted octanol–water partition coefficient (Wildman–Crippen LogP) is 2.63. The molecule has 0 atom stereocenters. The number of alkyl carbamates (subject to hydrolysis) is 1. The molecule has 0 aromatic carbocycles. The van der Waals surface area contributed by atoms with Crippen LogP contribution >= 0.6 is 11.3 Å². The smallest absolute Gasteiger partial charge is 0.407 e. The molecular weight excluding hydrogens is 300 g/mol. The summed E-state index contributed by atoms with van der Waals surface area (Å²) in [7, 11) is 0. The Morgan fingerprint density at radius 2 is 2.09 bits per heavy atom. The fourth-order valence-corrected chi connectivity index (χ4v) is 3.08. The lowest BCUT2D eigenvalue weighted by atomic mass is 10.2. The quantitative estimate of drug-likeness (QED) is 0.830. The van der Waals surface area contributed by atoms with Crippen molar-refractivity contribution in [3.63, 3.8) is 0 Å². The maximum atomic E-state index is 11.5. The number of ether oxygens (including phenoxy) is 1. The van der Waals surface area contributed by atoms with Crippen molar-refractivity contribution < 1.29 is 9.53 Å². The zero-order valence-corrected chi connectivity index (χ0v) is 14.6. The monoisotopic (exact) mass is 324 g/mol. The minimum atomic E-state index is -0.464. The average Bonchev–Trinajstić information content (AvgIpc) is 2.88. The van der Waals surface area contributed by atoms with Gasteiger partial charge in [-0.2, -0.15) is 0 Å². The molecule has 22 heavy (non-hydrogen) atoms. The number of amides is 1. The SMILES string of the molecule is Cc1nc2scc(C)n2c1CNCCNC(=O)OC(C)(C)C. The van der Waals surface area contributed by atoms with E-state index in [2.05, 4.69) is 32.3 Å². The van der Waals surface area contributed by atoms with Crippen LogP contribution in [-0.4, -0.2) is 34.2 Å². The number of carbonyl (C=O) groups is 1. The summed E-state index contributed by atoms with van der Waals surface area (Å²) >= 11 is 1.65. The molecule has 6 nitrogen and oxygen atoms in total. The van der Waals surface area contributed by atoms with Crippen molar-refractivity contribution in [2.24, 2.45) is 0 Å². The highest BCUT2D eigenvalue weighted by Gasteiger charge is 2.15. The van der Waals surface area contributed by atoms with Crippen molar-refractivity contribution in [3.8, 4) is 0 Å².